The Morgan fingerprint density at radius 2 is 2.29 bits per heavy atom. The Hall–Kier alpha value is -1.91. The quantitative estimate of drug-likeness (QED) is 0.830. The topological polar surface area (TPSA) is 78.9 Å². The van der Waals surface area contributed by atoms with E-state index in [0.717, 1.165) is 12.1 Å². The van der Waals surface area contributed by atoms with Crippen LogP contribution in [0.3, 0.4) is 0 Å². The number of fused-ring (bicyclic) bond motifs is 1. The lowest BCUT2D eigenvalue weighted by molar-refractivity contribution is 0.0699. The first kappa shape index (κ1) is 10.3. The predicted molar refractivity (Wildman–Crippen MR) is 62.0 cm³/mol. The van der Waals surface area contributed by atoms with Crippen LogP contribution in [0.2, 0.25) is 0 Å². The first-order chi connectivity index (χ1) is 7.99. The second-order valence-electron chi connectivity index (χ2n) is 5.24. The van der Waals surface area contributed by atoms with Gasteiger partial charge in [0.15, 0.2) is 5.65 Å². The van der Waals surface area contributed by atoms with E-state index in [2.05, 4.69) is 28.8 Å². The van der Waals surface area contributed by atoms with Crippen LogP contribution in [0, 0.1) is 5.41 Å². The molecule has 1 aliphatic carbocycles. The van der Waals surface area contributed by atoms with Crippen molar-refractivity contribution in [1.29, 1.82) is 0 Å². The average molecular weight is 231 g/mol. The molecular formula is C12H13N3O2. The van der Waals surface area contributed by atoms with E-state index in [-0.39, 0.29) is 11.0 Å². The summed E-state index contributed by atoms with van der Waals surface area (Å²) in [7, 11) is 0. The lowest BCUT2D eigenvalue weighted by Crippen LogP contribution is -1.99. The smallest absolute Gasteiger partial charge is 0.339 e. The van der Waals surface area contributed by atoms with Crippen LogP contribution in [0.1, 0.15) is 42.2 Å². The molecule has 2 heterocycles. The maximum absolute atomic E-state index is 11.0. The molecule has 5 nitrogen and oxygen atoms in total. The van der Waals surface area contributed by atoms with Crippen molar-refractivity contribution in [2.45, 2.75) is 26.2 Å². The number of H-pyrrole nitrogens is 1. The monoisotopic (exact) mass is 231 g/mol. The van der Waals surface area contributed by atoms with Crippen molar-refractivity contribution in [1.82, 2.24) is 15.0 Å². The largest absolute Gasteiger partial charge is 0.478 e. The molecule has 1 saturated carbocycles. The fourth-order valence-electron chi connectivity index (χ4n) is 2.21. The molecule has 2 aromatic heterocycles. The molecule has 0 amide bonds. The highest BCUT2D eigenvalue weighted by Crippen LogP contribution is 2.57. The highest BCUT2D eigenvalue weighted by molar-refractivity contribution is 6.00. The highest BCUT2D eigenvalue weighted by Gasteiger charge is 2.47. The zero-order chi connectivity index (χ0) is 12.2. The van der Waals surface area contributed by atoms with E-state index in [4.69, 9.17) is 5.11 Å². The summed E-state index contributed by atoms with van der Waals surface area (Å²) in [5, 5.41) is 9.03. The molecule has 17 heavy (non-hydrogen) atoms. The fraction of sp³-hybridized carbons (Fsp3) is 0.417. The van der Waals surface area contributed by atoms with Gasteiger partial charge in [-0.3, -0.25) is 0 Å². The van der Waals surface area contributed by atoms with Gasteiger partial charge in [-0.25, -0.2) is 14.8 Å². The number of nitrogens with one attached hydrogen (secondary N) is 1. The van der Waals surface area contributed by atoms with Crippen LogP contribution in [-0.2, 0) is 0 Å². The Kier molecular flexibility index (Phi) is 1.85. The fourth-order valence-corrected chi connectivity index (χ4v) is 2.21. The van der Waals surface area contributed by atoms with E-state index < -0.39 is 5.97 Å². The number of hydrogen-bond acceptors (Lipinski definition) is 3. The highest BCUT2D eigenvalue weighted by atomic mass is 16.4. The van der Waals surface area contributed by atoms with Crippen LogP contribution in [-0.4, -0.2) is 26.0 Å². The van der Waals surface area contributed by atoms with Crippen LogP contribution in [0.15, 0.2) is 12.4 Å². The molecule has 3 rings (SSSR count). The van der Waals surface area contributed by atoms with E-state index in [1.54, 1.807) is 6.20 Å². The Morgan fingerprint density at radius 1 is 1.59 bits per heavy atom. The number of carbonyl (C=O) groups is 1. The van der Waals surface area contributed by atoms with Crippen LogP contribution in [0.4, 0.5) is 0 Å². The maximum Gasteiger partial charge on any atom is 0.339 e. The molecule has 0 saturated heterocycles. The summed E-state index contributed by atoms with van der Waals surface area (Å²) < 4.78 is 0. The van der Waals surface area contributed by atoms with E-state index >= 15 is 0 Å². The minimum atomic E-state index is -0.974. The zero-order valence-electron chi connectivity index (χ0n) is 9.69. The standard InChI is InChI=1S/C12H13N3O2/c1-12(2)3-7(12)8-5-14-10-9(15-8)6(4-13-10)11(16)17/h4-5,7H,3H2,1-2H3,(H,13,14)(H,16,17). The Bertz CT molecular complexity index is 615. The van der Waals surface area contributed by atoms with Crippen molar-refractivity contribution in [3.63, 3.8) is 0 Å². The summed E-state index contributed by atoms with van der Waals surface area (Å²) in [5.74, 6) is -0.575. The Balaban J connectivity index is 2.11. The third-order valence-corrected chi connectivity index (χ3v) is 3.50. The minimum Gasteiger partial charge on any atom is -0.478 e. The van der Waals surface area contributed by atoms with Gasteiger partial charge >= 0.3 is 5.97 Å². The van der Waals surface area contributed by atoms with E-state index in [0.29, 0.717) is 17.1 Å². The second kappa shape index (κ2) is 3.06. The third-order valence-electron chi connectivity index (χ3n) is 3.50. The number of aromatic amines is 1. The lowest BCUT2D eigenvalue weighted by atomic mass is 10.1. The molecule has 2 aromatic rings. The van der Waals surface area contributed by atoms with Gasteiger partial charge in [0.25, 0.3) is 0 Å². The van der Waals surface area contributed by atoms with Gasteiger partial charge in [0.1, 0.15) is 11.1 Å². The van der Waals surface area contributed by atoms with Gasteiger partial charge < -0.3 is 10.1 Å². The summed E-state index contributed by atoms with van der Waals surface area (Å²) >= 11 is 0. The van der Waals surface area contributed by atoms with Gasteiger partial charge in [-0.1, -0.05) is 13.8 Å². The van der Waals surface area contributed by atoms with Gasteiger partial charge in [-0.15, -0.1) is 0 Å². The summed E-state index contributed by atoms with van der Waals surface area (Å²) in [6, 6.07) is 0. The summed E-state index contributed by atoms with van der Waals surface area (Å²) in [6.07, 6.45) is 4.26. The Morgan fingerprint density at radius 3 is 2.88 bits per heavy atom. The van der Waals surface area contributed by atoms with Crippen LogP contribution >= 0.6 is 0 Å². The summed E-state index contributed by atoms with van der Waals surface area (Å²) in [4.78, 5) is 22.5. The average Bonchev–Trinajstić information content (AvgIpc) is 2.74. The molecule has 1 atom stereocenters. The molecule has 1 unspecified atom stereocenters. The van der Waals surface area contributed by atoms with Crippen molar-refractivity contribution in [2.24, 2.45) is 5.41 Å². The molecule has 1 aliphatic rings. The number of aromatic nitrogens is 3. The SMILES string of the molecule is CC1(C)CC1c1cnc2[nH]cc(C(=O)O)c2n1. The molecule has 0 spiro atoms. The molecule has 2 N–H and O–H groups in total. The molecule has 0 aliphatic heterocycles. The van der Waals surface area contributed by atoms with Gasteiger partial charge in [0.2, 0.25) is 0 Å². The van der Waals surface area contributed by atoms with Gasteiger partial charge in [0, 0.05) is 12.1 Å². The number of carboxylic acids is 1. The summed E-state index contributed by atoms with van der Waals surface area (Å²) in [6.45, 7) is 4.36. The van der Waals surface area contributed by atoms with E-state index in [9.17, 15) is 4.79 Å². The predicted octanol–water partition coefficient (Wildman–Crippen LogP) is 2.17. The molecule has 0 aromatic carbocycles. The minimum absolute atomic E-state index is 0.188. The second-order valence-corrected chi connectivity index (χ2v) is 5.24. The van der Waals surface area contributed by atoms with Crippen LogP contribution in [0.5, 0.6) is 0 Å². The summed E-state index contributed by atoms with van der Waals surface area (Å²) in [5.41, 5.74) is 2.34. The van der Waals surface area contributed by atoms with Crippen molar-refractivity contribution in [2.75, 3.05) is 0 Å². The molecule has 0 bridgehead atoms. The lowest BCUT2D eigenvalue weighted by Gasteiger charge is -2.02. The molecule has 0 radical (unpaired) electrons. The number of rotatable bonds is 2. The van der Waals surface area contributed by atoms with Crippen LogP contribution in [0.25, 0.3) is 11.2 Å². The number of nitrogens with zero attached hydrogens (tertiary/aromatic N) is 2. The molecule has 88 valence electrons. The van der Waals surface area contributed by atoms with Gasteiger partial charge in [-0.05, 0) is 11.8 Å². The number of aromatic carboxylic acids is 1. The Labute approximate surface area is 97.9 Å². The molecule has 5 heteroatoms. The van der Waals surface area contributed by atoms with Crippen LogP contribution < -0.4 is 0 Å². The van der Waals surface area contributed by atoms with E-state index in [1.807, 2.05) is 0 Å². The van der Waals surface area contributed by atoms with Crippen molar-refractivity contribution < 1.29 is 9.90 Å². The maximum atomic E-state index is 11.0. The van der Waals surface area contributed by atoms with Crippen molar-refractivity contribution in [3.05, 3.63) is 23.7 Å². The van der Waals surface area contributed by atoms with E-state index in [1.165, 1.54) is 6.20 Å². The number of carboxylic acid groups (broad SMARTS) is 1. The third kappa shape index (κ3) is 1.50. The molecular weight excluding hydrogens is 218 g/mol. The number of hydrogen-bond donors (Lipinski definition) is 2. The van der Waals surface area contributed by atoms with Crippen molar-refractivity contribution >= 4 is 17.1 Å². The normalized spacial score (nSPS) is 21.6. The zero-order valence-corrected chi connectivity index (χ0v) is 9.69. The van der Waals surface area contributed by atoms with Crippen molar-refractivity contribution in [3.8, 4) is 0 Å². The van der Waals surface area contributed by atoms with Gasteiger partial charge in [-0.2, -0.15) is 0 Å². The van der Waals surface area contributed by atoms with Gasteiger partial charge in [0.05, 0.1) is 11.9 Å². The first-order valence-corrected chi connectivity index (χ1v) is 5.56. The molecule has 1 fully saturated rings. The first-order valence-electron chi connectivity index (χ1n) is 5.56.